The van der Waals surface area contributed by atoms with E-state index in [-0.39, 0.29) is 0 Å². The number of hydrogen-bond donors (Lipinski definition) is 0. The fourth-order valence-electron chi connectivity index (χ4n) is 3.20. The topological polar surface area (TPSA) is 9.23 Å². The summed E-state index contributed by atoms with van der Waals surface area (Å²) < 4.78 is 5.29. The lowest BCUT2D eigenvalue weighted by Gasteiger charge is -2.15. The molecule has 3 aromatic rings. The van der Waals surface area contributed by atoms with Gasteiger partial charge in [-0.2, -0.15) is 0 Å². The molecule has 3 aromatic carbocycles. The Bertz CT molecular complexity index is 901. The van der Waals surface area contributed by atoms with Gasteiger partial charge in [0.05, 0.1) is 7.11 Å². The van der Waals surface area contributed by atoms with Gasteiger partial charge in [0.25, 0.3) is 0 Å². The summed E-state index contributed by atoms with van der Waals surface area (Å²) >= 11 is 0. The maximum absolute atomic E-state index is 5.29. The van der Waals surface area contributed by atoms with Crippen molar-refractivity contribution in [3.05, 3.63) is 107 Å². The van der Waals surface area contributed by atoms with E-state index in [4.69, 9.17) is 4.74 Å². The summed E-state index contributed by atoms with van der Waals surface area (Å²) in [5.41, 5.74) is 7.40. The van der Waals surface area contributed by atoms with Crippen LogP contribution in [0.4, 0.5) is 0 Å². The van der Waals surface area contributed by atoms with E-state index >= 15 is 0 Å². The van der Waals surface area contributed by atoms with E-state index in [1.807, 2.05) is 18.2 Å². The SMILES string of the molecule is COc1ccc(/C(C)=C(\C(C)=C/c2ccccc2)c2ccccc2)cc1. The maximum Gasteiger partial charge on any atom is 0.118 e. The van der Waals surface area contributed by atoms with Crippen molar-refractivity contribution in [2.45, 2.75) is 13.8 Å². The van der Waals surface area contributed by atoms with E-state index < -0.39 is 0 Å². The highest BCUT2D eigenvalue weighted by Gasteiger charge is 2.10. The first-order valence-electron chi connectivity index (χ1n) is 8.83. The average molecular weight is 340 g/mol. The number of benzene rings is 3. The summed E-state index contributed by atoms with van der Waals surface area (Å²) in [6.45, 7) is 4.37. The number of ether oxygens (including phenoxy) is 1. The molecule has 0 bridgehead atoms. The molecule has 0 aliphatic rings. The minimum atomic E-state index is 0.874. The van der Waals surface area contributed by atoms with Crippen molar-refractivity contribution < 1.29 is 4.74 Å². The monoisotopic (exact) mass is 340 g/mol. The molecule has 1 heteroatoms. The van der Waals surface area contributed by atoms with E-state index in [0.717, 1.165) is 5.75 Å². The summed E-state index contributed by atoms with van der Waals surface area (Å²) in [4.78, 5) is 0. The minimum absolute atomic E-state index is 0.874. The summed E-state index contributed by atoms with van der Waals surface area (Å²) in [6, 6.07) is 29.3. The van der Waals surface area contributed by atoms with Gasteiger partial charge >= 0.3 is 0 Å². The fraction of sp³-hybridized carbons (Fsp3) is 0.120. The highest BCUT2D eigenvalue weighted by Crippen LogP contribution is 2.33. The van der Waals surface area contributed by atoms with Crippen molar-refractivity contribution in [2.24, 2.45) is 0 Å². The van der Waals surface area contributed by atoms with Gasteiger partial charge in [-0.3, -0.25) is 0 Å². The van der Waals surface area contributed by atoms with Crippen LogP contribution in [0.1, 0.15) is 30.5 Å². The number of rotatable bonds is 5. The second-order valence-corrected chi connectivity index (χ2v) is 6.33. The zero-order valence-electron chi connectivity index (χ0n) is 15.6. The van der Waals surface area contributed by atoms with Crippen molar-refractivity contribution in [3.8, 4) is 5.75 Å². The van der Waals surface area contributed by atoms with Crippen molar-refractivity contribution in [3.63, 3.8) is 0 Å². The van der Waals surface area contributed by atoms with Crippen LogP contribution in [-0.4, -0.2) is 7.11 Å². The Kier molecular flexibility index (Phi) is 5.70. The minimum Gasteiger partial charge on any atom is -0.497 e. The van der Waals surface area contributed by atoms with Crippen LogP contribution in [-0.2, 0) is 0 Å². The third-order valence-corrected chi connectivity index (χ3v) is 4.54. The summed E-state index contributed by atoms with van der Waals surface area (Å²) in [7, 11) is 1.69. The predicted octanol–water partition coefficient (Wildman–Crippen LogP) is 6.73. The van der Waals surface area contributed by atoms with E-state index in [0.29, 0.717) is 0 Å². The largest absolute Gasteiger partial charge is 0.497 e. The average Bonchev–Trinajstić information content (AvgIpc) is 2.70. The molecular formula is C25H24O. The molecule has 0 radical (unpaired) electrons. The van der Waals surface area contributed by atoms with Crippen LogP contribution in [0, 0.1) is 0 Å². The summed E-state index contributed by atoms with van der Waals surface area (Å²) in [5, 5.41) is 0. The van der Waals surface area contributed by atoms with Crippen LogP contribution < -0.4 is 4.74 Å². The van der Waals surface area contributed by atoms with E-state index in [9.17, 15) is 0 Å². The van der Waals surface area contributed by atoms with Crippen molar-refractivity contribution >= 4 is 17.2 Å². The highest BCUT2D eigenvalue weighted by molar-refractivity contribution is 5.99. The Morgan fingerprint density at radius 2 is 1.27 bits per heavy atom. The Morgan fingerprint density at radius 3 is 1.85 bits per heavy atom. The van der Waals surface area contributed by atoms with Crippen molar-refractivity contribution in [1.82, 2.24) is 0 Å². The third-order valence-electron chi connectivity index (χ3n) is 4.54. The van der Waals surface area contributed by atoms with Gasteiger partial charge in [-0.15, -0.1) is 0 Å². The van der Waals surface area contributed by atoms with Gasteiger partial charge in [0, 0.05) is 0 Å². The van der Waals surface area contributed by atoms with Crippen LogP contribution >= 0.6 is 0 Å². The Balaban J connectivity index is 2.12. The van der Waals surface area contributed by atoms with Gasteiger partial charge in [-0.05, 0) is 59.4 Å². The molecule has 0 atom stereocenters. The quantitative estimate of drug-likeness (QED) is 0.369. The smallest absolute Gasteiger partial charge is 0.118 e. The van der Waals surface area contributed by atoms with E-state index in [1.165, 1.54) is 33.4 Å². The summed E-state index contributed by atoms with van der Waals surface area (Å²) in [6.07, 6.45) is 2.25. The van der Waals surface area contributed by atoms with Crippen LogP contribution in [0.5, 0.6) is 5.75 Å². The fourth-order valence-corrected chi connectivity index (χ4v) is 3.20. The first-order valence-corrected chi connectivity index (χ1v) is 8.83. The molecule has 0 amide bonds. The highest BCUT2D eigenvalue weighted by atomic mass is 16.5. The zero-order valence-corrected chi connectivity index (χ0v) is 15.6. The molecule has 0 N–H and O–H groups in total. The lowest BCUT2D eigenvalue weighted by atomic mass is 9.90. The van der Waals surface area contributed by atoms with Crippen molar-refractivity contribution in [2.75, 3.05) is 7.11 Å². The lowest BCUT2D eigenvalue weighted by Crippen LogP contribution is -1.93. The van der Waals surface area contributed by atoms with Gasteiger partial charge < -0.3 is 4.74 Å². The molecule has 1 nitrogen and oxygen atoms in total. The molecular weight excluding hydrogens is 316 g/mol. The number of allylic oxidation sites excluding steroid dienone is 3. The van der Waals surface area contributed by atoms with Gasteiger partial charge in [0.1, 0.15) is 5.75 Å². The molecule has 0 unspecified atom stereocenters. The molecule has 0 saturated heterocycles. The summed E-state index contributed by atoms with van der Waals surface area (Å²) in [5.74, 6) is 0.874. The number of hydrogen-bond acceptors (Lipinski definition) is 1. The first-order chi connectivity index (χ1) is 12.7. The maximum atomic E-state index is 5.29. The lowest BCUT2D eigenvalue weighted by molar-refractivity contribution is 0.415. The molecule has 0 saturated carbocycles. The van der Waals surface area contributed by atoms with E-state index in [2.05, 4.69) is 86.7 Å². The van der Waals surface area contributed by atoms with Crippen LogP contribution in [0.25, 0.3) is 17.2 Å². The van der Waals surface area contributed by atoms with Crippen LogP contribution in [0.15, 0.2) is 90.5 Å². The van der Waals surface area contributed by atoms with Crippen LogP contribution in [0.2, 0.25) is 0 Å². The van der Waals surface area contributed by atoms with Crippen LogP contribution in [0.3, 0.4) is 0 Å². The van der Waals surface area contributed by atoms with E-state index in [1.54, 1.807) is 7.11 Å². The molecule has 3 rings (SSSR count). The molecule has 0 spiro atoms. The zero-order chi connectivity index (χ0) is 18.4. The molecule has 0 aliphatic carbocycles. The van der Waals surface area contributed by atoms with Gasteiger partial charge in [0.2, 0.25) is 0 Å². The second-order valence-electron chi connectivity index (χ2n) is 6.33. The Labute approximate surface area is 156 Å². The van der Waals surface area contributed by atoms with Gasteiger partial charge in [-0.25, -0.2) is 0 Å². The second kappa shape index (κ2) is 8.35. The molecule has 0 aromatic heterocycles. The molecule has 0 fully saturated rings. The normalized spacial score (nSPS) is 12.5. The first kappa shape index (κ1) is 17.8. The Hall–Kier alpha value is -3.06. The Morgan fingerprint density at radius 1 is 0.692 bits per heavy atom. The van der Waals surface area contributed by atoms with Gasteiger partial charge in [0.15, 0.2) is 0 Å². The number of methoxy groups -OCH3 is 1. The molecule has 0 heterocycles. The standard InChI is InChI=1S/C25H24O/c1-19(18-21-10-6-4-7-11-21)25(23-12-8-5-9-13-23)20(2)22-14-16-24(26-3)17-15-22/h4-18H,1-3H3/b19-18-,25-20+. The molecule has 26 heavy (non-hydrogen) atoms. The third kappa shape index (κ3) is 4.12. The predicted molar refractivity (Wildman–Crippen MR) is 112 cm³/mol. The molecule has 130 valence electrons. The van der Waals surface area contributed by atoms with Gasteiger partial charge in [-0.1, -0.05) is 78.9 Å². The molecule has 0 aliphatic heterocycles. The van der Waals surface area contributed by atoms with Crippen molar-refractivity contribution in [1.29, 1.82) is 0 Å².